The molecule has 1 amide bonds. The Kier molecular flexibility index (Phi) is 6.40. The third kappa shape index (κ3) is 5.43. The van der Waals surface area contributed by atoms with Gasteiger partial charge in [-0.15, -0.1) is 0 Å². The molecule has 1 unspecified atom stereocenters. The van der Waals surface area contributed by atoms with Crippen molar-refractivity contribution in [3.63, 3.8) is 0 Å². The number of carbonyl (C=O) groups is 1. The molecule has 118 valence electrons. The Morgan fingerprint density at radius 2 is 1.95 bits per heavy atom. The van der Waals surface area contributed by atoms with E-state index in [0.717, 1.165) is 6.20 Å². The lowest BCUT2D eigenvalue weighted by atomic mass is 10.2. The molecule has 0 radical (unpaired) electrons. The van der Waals surface area contributed by atoms with Gasteiger partial charge in [0.15, 0.2) is 0 Å². The normalized spacial score (nSPS) is 13.2. The lowest BCUT2D eigenvalue weighted by Gasteiger charge is -2.15. The van der Waals surface area contributed by atoms with Gasteiger partial charge in [0, 0.05) is 12.7 Å². The summed E-state index contributed by atoms with van der Waals surface area (Å²) in [5, 5.41) is 2.68. The second-order valence-electron chi connectivity index (χ2n) is 4.93. The van der Waals surface area contributed by atoms with Crippen LogP contribution in [0.5, 0.6) is 0 Å². The number of sulfonamides is 1. The van der Waals surface area contributed by atoms with E-state index in [1.165, 1.54) is 13.0 Å². The third-order valence-corrected chi connectivity index (χ3v) is 4.69. The monoisotopic (exact) mass is 353 g/mol. The highest BCUT2D eigenvalue weighted by molar-refractivity contribution is 7.89. The maximum atomic E-state index is 12.1. The Balaban J connectivity index is 2.80. The van der Waals surface area contributed by atoms with E-state index < -0.39 is 22.0 Å². The molecule has 2 N–H and O–H groups in total. The lowest BCUT2D eigenvalue weighted by Crippen LogP contribution is -2.45. The first-order valence-corrected chi connectivity index (χ1v) is 8.48. The molecule has 0 bridgehead atoms. The zero-order chi connectivity index (χ0) is 16.2. The van der Waals surface area contributed by atoms with E-state index in [-0.39, 0.29) is 21.0 Å². The second kappa shape index (κ2) is 7.40. The molecule has 1 aromatic rings. The molecule has 0 aliphatic carbocycles. The number of hydrogen-bond acceptors (Lipinski definition) is 4. The van der Waals surface area contributed by atoms with Crippen molar-refractivity contribution in [2.45, 2.75) is 31.7 Å². The van der Waals surface area contributed by atoms with Crippen LogP contribution in [0.25, 0.3) is 0 Å². The zero-order valence-electron chi connectivity index (χ0n) is 11.9. The van der Waals surface area contributed by atoms with Crippen molar-refractivity contribution in [2.75, 3.05) is 6.54 Å². The Morgan fingerprint density at radius 1 is 1.33 bits per heavy atom. The Labute approximate surface area is 134 Å². The maximum absolute atomic E-state index is 12.1. The van der Waals surface area contributed by atoms with Crippen LogP contribution in [0.3, 0.4) is 0 Å². The van der Waals surface area contributed by atoms with Crippen molar-refractivity contribution in [3.05, 3.63) is 22.4 Å². The number of halogens is 2. The van der Waals surface area contributed by atoms with Crippen LogP contribution in [0.2, 0.25) is 10.2 Å². The van der Waals surface area contributed by atoms with Gasteiger partial charge in [-0.3, -0.25) is 4.79 Å². The van der Waals surface area contributed by atoms with Crippen LogP contribution < -0.4 is 10.0 Å². The van der Waals surface area contributed by atoms with Crippen LogP contribution in [0.1, 0.15) is 20.8 Å². The fourth-order valence-corrected chi connectivity index (χ4v) is 2.87. The topological polar surface area (TPSA) is 88.2 Å². The summed E-state index contributed by atoms with van der Waals surface area (Å²) in [4.78, 5) is 15.3. The van der Waals surface area contributed by atoms with Crippen LogP contribution in [0.4, 0.5) is 0 Å². The number of nitrogens with zero attached hydrogens (tertiary/aromatic N) is 1. The van der Waals surface area contributed by atoms with Gasteiger partial charge >= 0.3 is 0 Å². The van der Waals surface area contributed by atoms with Crippen molar-refractivity contribution in [2.24, 2.45) is 5.92 Å². The average Bonchev–Trinajstić information content (AvgIpc) is 2.38. The van der Waals surface area contributed by atoms with Gasteiger partial charge in [-0.05, 0) is 18.9 Å². The van der Waals surface area contributed by atoms with Crippen molar-refractivity contribution in [1.29, 1.82) is 0 Å². The van der Waals surface area contributed by atoms with E-state index in [1.54, 1.807) is 0 Å². The van der Waals surface area contributed by atoms with Crippen LogP contribution in [0.15, 0.2) is 17.2 Å². The summed E-state index contributed by atoms with van der Waals surface area (Å²) in [6, 6.07) is 0.265. The van der Waals surface area contributed by atoms with Gasteiger partial charge in [-0.2, -0.15) is 4.72 Å². The molecule has 1 aromatic heterocycles. The van der Waals surface area contributed by atoms with Crippen LogP contribution in [-0.2, 0) is 14.8 Å². The smallest absolute Gasteiger partial charge is 0.242 e. The molecule has 0 saturated heterocycles. The molecule has 0 saturated carbocycles. The maximum Gasteiger partial charge on any atom is 0.242 e. The SMILES string of the molecule is CC(C)CNC(=O)C(C)NS(=O)(=O)c1cnc(Cl)c(Cl)c1. The summed E-state index contributed by atoms with van der Waals surface area (Å²) in [5.74, 6) is -0.127. The summed E-state index contributed by atoms with van der Waals surface area (Å²) in [7, 11) is -3.90. The van der Waals surface area contributed by atoms with E-state index in [4.69, 9.17) is 23.2 Å². The molecular weight excluding hydrogens is 337 g/mol. The van der Waals surface area contributed by atoms with Gasteiger partial charge in [0.05, 0.1) is 11.1 Å². The van der Waals surface area contributed by atoms with Crippen LogP contribution >= 0.6 is 23.2 Å². The lowest BCUT2D eigenvalue weighted by molar-refractivity contribution is -0.122. The molecular formula is C12H17Cl2N3O3S. The molecule has 1 atom stereocenters. The number of hydrogen-bond donors (Lipinski definition) is 2. The number of amides is 1. The first-order chi connectivity index (χ1) is 9.63. The second-order valence-corrected chi connectivity index (χ2v) is 7.40. The average molecular weight is 354 g/mol. The van der Waals surface area contributed by atoms with E-state index in [1.807, 2.05) is 13.8 Å². The summed E-state index contributed by atoms with van der Waals surface area (Å²) >= 11 is 11.4. The minimum Gasteiger partial charge on any atom is -0.354 e. The molecule has 1 heterocycles. The Morgan fingerprint density at radius 3 is 2.48 bits per heavy atom. The number of nitrogens with one attached hydrogen (secondary N) is 2. The van der Waals surface area contributed by atoms with Crippen molar-refractivity contribution in [3.8, 4) is 0 Å². The van der Waals surface area contributed by atoms with E-state index in [9.17, 15) is 13.2 Å². The Bertz CT molecular complexity index is 620. The number of rotatable bonds is 6. The molecule has 1 rings (SSSR count). The highest BCUT2D eigenvalue weighted by Crippen LogP contribution is 2.22. The molecule has 0 spiro atoms. The largest absolute Gasteiger partial charge is 0.354 e. The minimum atomic E-state index is -3.90. The Hall–Kier alpha value is -0.890. The van der Waals surface area contributed by atoms with Crippen LogP contribution in [-0.4, -0.2) is 31.9 Å². The van der Waals surface area contributed by atoms with Gasteiger partial charge in [-0.1, -0.05) is 37.0 Å². The van der Waals surface area contributed by atoms with E-state index in [2.05, 4.69) is 15.0 Å². The minimum absolute atomic E-state index is 0.0124. The molecule has 21 heavy (non-hydrogen) atoms. The fraction of sp³-hybridized carbons (Fsp3) is 0.500. The predicted octanol–water partition coefficient (Wildman–Crippen LogP) is 1.83. The third-order valence-electron chi connectivity index (χ3n) is 2.49. The van der Waals surface area contributed by atoms with E-state index in [0.29, 0.717) is 6.54 Å². The summed E-state index contributed by atoms with van der Waals surface area (Å²) in [6.07, 6.45) is 1.08. The first-order valence-electron chi connectivity index (χ1n) is 6.24. The summed E-state index contributed by atoms with van der Waals surface area (Å²) in [6.45, 7) is 5.81. The van der Waals surface area contributed by atoms with Gasteiger partial charge < -0.3 is 5.32 Å². The van der Waals surface area contributed by atoms with Crippen molar-refractivity contribution < 1.29 is 13.2 Å². The highest BCUT2D eigenvalue weighted by Gasteiger charge is 2.23. The fourth-order valence-electron chi connectivity index (χ4n) is 1.36. The number of aromatic nitrogens is 1. The molecule has 6 nitrogen and oxygen atoms in total. The molecule has 0 aliphatic rings. The van der Waals surface area contributed by atoms with Gasteiger partial charge in [-0.25, -0.2) is 13.4 Å². The zero-order valence-corrected chi connectivity index (χ0v) is 14.2. The first kappa shape index (κ1) is 18.2. The van der Waals surface area contributed by atoms with Gasteiger partial charge in [0.2, 0.25) is 15.9 Å². The van der Waals surface area contributed by atoms with Crippen molar-refractivity contribution >= 4 is 39.1 Å². The molecule has 0 aliphatic heterocycles. The van der Waals surface area contributed by atoms with Crippen molar-refractivity contribution in [1.82, 2.24) is 15.0 Å². The predicted molar refractivity (Wildman–Crippen MR) is 81.9 cm³/mol. The molecule has 9 heteroatoms. The molecule has 0 fully saturated rings. The van der Waals surface area contributed by atoms with E-state index >= 15 is 0 Å². The van der Waals surface area contributed by atoms with Gasteiger partial charge in [0.1, 0.15) is 10.0 Å². The number of pyridine rings is 1. The van der Waals surface area contributed by atoms with Crippen LogP contribution in [0, 0.1) is 5.92 Å². The van der Waals surface area contributed by atoms with Gasteiger partial charge in [0.25, 0.3) is 0 Å². The quantitative estimate of drug-likeness (QED) is 0.763. The summed E-state index contributed by atoms with van der Waals surface area (Å²) < 4.78 is 26.5. The molecule has 0 aromatic carbocycles. The number of carbonyl (C=O) groups excluding carboxylic acids is 1. The standard InChI is InChI=1S/C12H17Cl2N3O3S/c1-7(2)5-16-12(18)8(3)17-21(19,20)9-4-10(13)11(14)15-6-9/h4,6-8,17H,5H2,1-3H3,(H,16,18). The summed E-state index contributed by atoms with van der Waals surface area (Å²) in [5.41, 5.74) is 0. The highest BCUT2D eigenvalue weighted by atomic mass is 35.5.